The van der Waals surface area contributed by atoms with Crippen LogP contribution in [0.3, 0.4) is 0 Å². The Labute approximate surface area is 139 Å². The van der Waals surface area contributed by atoms with E-state index in [0.29, 0.717) is 0 Å². The SMILES string of the molecule is Fc1ccc(C2CCC(=S)C3(C=Nc4ccccc43)C2)cc1F. The van der Waals surface area contributed by atoms with Crippen LogP contribution in [0.5, 0.6) is 0 Å². The van der Waals surface area contributed by atoms with E-state index in [1.54, 1.807) is 6.07 Å². The van der Waals surface area contributed by atoms with E-state index < -0.39 is 11.6 Å². The average molecular weight is 327 g/mol. The lowest BCUT2D eigenvalue weighted by molar-refractivity contribution is 0.481. The van der Waals surface area contributed by atoms with Gasteiger partial charge in [-0.15, -0.1) is 0 Å². The van der Waals surface area contributed by atoms with E-state index in [2.05, 4.69) is 11.1 Å². The summed E-state index contributed by atoms with van der Waals surface area (Å²) in [6.45, 7) is 0. The predicted molar refractivity (Wildman–Crippen MR) is 91.8 cm³/mol. The Morgan fingerprint density at radius 2 is 1.91 bits per heavy atom. The van der Waals surface area contributed by atoms with Gasteiger partial charge in [-0.3, -0.25) is 4.99 Å². The Hall–Kier alpha value is -1.94. The number of para-hydroxylation sites is 1. The lowest BCUT2D eigenvalue weighted by atomic mass is 9.65. The molecule has 0 aromatic heterocycles. The molecule has 2 aromatic rings. The summed E-state index contributed by atoms with van der Waals surface area (Å²) in [5, 5.41) is 0. The molecule has 2 aliphatic rings. The molecule has 23 heavy (non-hydrogen) atoms. The largest absolute Gasteiger partial charge is 0.260 e. The minimum Gasteiger partial charge on any atom is -0.260 e. The highest BCUT2D eigenvalue weighted by atomic mass is 32.1. The molecular formula is C19H15F2NS. The average Bonchev–Trinajstić information content (AvgIpc) is 2.93. The van der Waals surface area contributed by atoms with Gasteiger partial charge < -0.3 is 0 Å². The van der Waals surface area contributed by atoms with E-state index in [4.69, 9.17) is 12.2 Å². The Balaban J connectivity index is 1.74. The van der Waals surface area contributed by atoms with E-state index in [1.165, 1.54) is 12.1 Å². The number of hydrogen-bond donors (Lipinski definition) is 0. The summed E-state index contributed by atoms with van der Waals surface area (Å²) in [4.78, 5) is 5.53. The number of thiocarbonyl (C=S) groups is 1. The van der Waals surface area contributed by atoms with Gasteiger partial charge in [0.05, 0.1) is 11.1 Å². The minimum atomic E-state index is -0.803. The molecule has 0 saturated heterocycles. The van der Waals surface area contributed by atoms with Gasteiger partial charge in [0.25, 0.3) is 0 Å². The quantitative estimate of drug-likeness (QED) is 0.651. The summed E-state index contributed by atoms with van der Waals surface area (Å²) in [6.07, 6.45) is 4.37. The highest BCUT2D eigenvalue weighted by molar-refractivity contribution is 7.80. The third-order valence-electron chi connectivity index (χ3n) is 5.01. The third kappa shape index (κ3) is 2.24. The van der Waals surface area contributed by atoms with Gasteiger partial charge in [-0.25, -0.2) is 8.78 Å². The molecule has 1 saturated carbocycles. The van der Waals surface area contributed by atoms with Crippen molar-refractivity contribution in [3.63, 3.8) is 0 Å². The first kappa shape index (κ1) is 14.6. The highest BCUT2D eigenvalue weighted by Gasteiger charge is 2.44. The van der Waals surface area contributed by atoms with Gasteiger partial charge in [-0.05, 0) is 54.5 Å². The summed E-state index contributed by atoms with van der Waals surface area (Å²) in [5.41, 5.74) is 2.58. The maximum Gasteiger partial charge on any atom is 0.159 e. The molecule has 4 heteroatoms. The van der Waals surface area contributed by atoms with E-state index in [1.807, 2.05) is 24.4 Å². The van der Waals surface area contributed by atoms with Crippen molar-refractivity contribution in [2.75, 3.05) is 0 Å². The summed E-state index contributed by atoms with van der Waals surface area (Å²) >= 11 is 5.68. The molecule has 1 aliphatic heterocycles. The number of aliphatic imine (C=N–C) groups is 1. The molecule has 1 fully saturated rings. The predicted octanol–water partition coefficient (Wildman–Crippen LogP) is 5.26. The first-order chi connectivity index (χ1) is 11.1. The standard InChI is InChI=1S/C19H15F2NS/c20-15-7-5-12(9-16(15)21)13-6-8-18(23)19(10-13)11-22-17-4-2-1-3-14(17)19/h1-5,7,9,11,13H,6,8,10H2. The van der Waals surface area contributed by atoms with E-state index in [9.17, 15) is 8.78 Å². The molecule has 1 nitrogen and oxygen atoms in total. The van der Waals surface area contributed by atoms with Crippen molar-refractivity contribution in [2.24, 2.45) is 4.99 Å². The monoisotopic (exact) mass is 327 g/mol. The Kier molecular flexibility index (Phi) is 3.38. The normalized spacial score (nSPS) is 25.8. The van der Waals surface area contributed by atoms with Crippen LogP contribution in [0, 0.1) is 11.6 Å². The number of hydrogen-bond acceptors (Lipinski definition) is 2. The molecule has 4 rings (SSSR count). The highest BCUT2D eigenvalue weighted by Crippen LogP contribution is 2.49. The van der Waals surface area contributed by atoms with Gasteiger partial charge in [0.1, 0.15) is 0 Å². The summed E-state index contributed by atoms with van der Waals surface area (Å²) in [5.74, 6) is -1.44. The zero-order valence-electron chi connectivity index (χ0n) is 12.4. The maximum absolute atomic E-state index is 13.6. The van der Waals surface area contributed by atoms with Crippen molar-refractivity contribution in [1.29, 1.82) is 0 Å². The van der Waals surface area contributed by atoms with Crippen LogP contribution in [0.15, 0.2) is 47.5 Å². The molecule has 1 spiro atoms. The molecule has 2 unspecified atom stereocenters. The Bertz CT molecular complexity index is 830. The maximum atomic E-state index is 13.6. The van der Waals surface area contributed by atoms with Gasteiger partial charge in [0.2, 0.25) is 0 Å². The molecule has 116 valence electrons. The molecule has 0 radical (unpaired) electrons. The number of benzene rings is 2. The second-order valence-electron chi connectivity index (χ2n) is 6.28. The molecule has 0 bridgehead atoms. The molecule has 1 heterocycles. The fourth-order valence-corrected chi connectivity index (χ4v) is 4.15. The zero-order valence-corrected chi connectivity index (χ0v) is 13.2. The van der Waals surface area contributed by atoms with Crippen LogP contribution in [0.2, 0.25) is 0 Å². The van der Waals surface area contributed by atoms with E-state index in [-0.39, 0.29) is 11.3 Å². The van der Waals surface area contributed by atoms with Crippen LogP contribution in [-0.2, 0) is 5.41 Å². The fraction of sp³-hybridized carbons (Fsp3) is 0.263. The van der Waals surface area contributed by atoms with Gasteiger partial charge >= 0.3 is 0 Å². The van der Waals surface area contributed by atoms with Crippen LogP contribution in [0.4, 0.5) is 14.5 Å². The second-order valence-corrected chi connectivity index (χ2v) is 6.78. The van der Waals surface area contributed by atoms with Crippen molar-refractivity contribution in [1.82, 2.24) is 0 Å². The van der Waals surface area contributed by atoms with E-state index in [0.717, 1.165) is 40.9 Å². The van der Waals surface area contributed by atoms with Gasteiger partial charge in [0, 0.05) is 11.1 Å². The molecule has 0 N–H and O–H groups in total. The number of rotatable bonds is 1. The van der Waals surface area contributed by atoms with E-state index >= 15 is 0 Å². The van der Waals surface area contributed by atoms with Crippen LogP contribution >= 0.6 is 12.2 Å². The summed E-state index contributed by atoms with van der Waals surface area (Å²) < 4.78 is 26.8. The first-order valence-corrected chi connectivity index (χ1v) is 8.14. The number of nitrogens with zero attached hydrogens (tertiary/aromatic N) is 1. The summed E-state index contributed by atoms with van der Waals surface area (Å²) in [7, 11) is 0. The number of halogens is 2. The lowest BCUT2D eigenvalue weighted by Gasteiger charge is -2.38. The molecule has 2 atom stereocenters. The Morgan fingerprint density at radius 3 is 2.74 bits per heavy atom. The first-order valence-electron chi connectivity index (χ1n) is 7.73. The smallest absolute Gasteiger partial charge is 0.159 e. The van der Waals surface area contributed by atoms with Gasteiger partial charge in [-0.1, -0.05) is 36.5 Å². The van der Waals surface area contributed by atoms with Crippen molar-refractivity contribution in [2.45, 2.75) is 30.6 Å². The van der Waals surface area contributed by atoms with Crippen molar-refractivity contribution in [3.8, 4) is 0 Å². The summed E-state index contributed by atoms with van der Waals surface area (Å²) in [6, 6.07) is 12.2. The second kappa shape index (κ2) is 5.31. The lowest BCUT2D eigenvalue weighted by Crippen LogP contribution is -2.40. The van der Waals surface area contributed by atoms with Crippen LogP contribution in [0.25, 0.3) is 0 Å². The fourth-order valence-electron chi connectivity index (χ4n) is 3.78. The van der Waals surface area contributed by atoms with Crippen molar-refractivity contribution in [3.05, 3.63) is 65.2 Å². The van der Waals surface area contributed by atoms with Crippen molar-refractivity contribution < 1.29 is 8.78 Å². The van der Waals surface area contributed by atoms with Crippen LogP contribution in [-0.4, -0.2) is 11.1 Å². The third-order valence-corrected chi connectivity index (χ3v) is 5.58. The van der Waals surface area contributed by atoms with Crippen LogP contribution in [0.1, 0.15) is 36.3 Å². The van der Waals surface area contributed by atoms with Crippen LogP contribution < -0.4 is 0 Å². The number of fused-ring (bicyclic) bond motifs is 2. The van der Waals surface area contributed by atoms with Crippen molar-refractivity contribution >= 4 is 29.0 Å². The van der Waals surface area contributed by atoms with Gasteiger partial charge in [0.15, 0.2) is 11.6 Å². The zero-order chi connectivity index (χ0) is 16.0. The minimum absolute atomic E-state index is 0.148. The Morgan fingerprint density at radius 1 is 1.09 bits per heavy atom. The molecular weight excluding hydrogens is 312 g/mol. The topological polar surface area (TPSA) is 12.4 Å². The molecule has 2 aromatic carbocycles. The van der Waals surface area contributed by atoms with Gasteiger partial charge in [-0.2, -0.15) is 0 Å². The molecule has 0 amide bonds. The molecule has 1 aliphatic carbocycles.